The van der Waals surface area contributed by atoms with E-state index >= 15 is 0 Å². The van der Waals surface area contributed by atoms with Crippen molar-refractivity contribution >= 4 is 0 Å². The van der Waals surface area contributed by atoms with Gasteiger partial charge in [0.15, 0.2) is 0 Å². The Labute approximate surface area is 210 Å². The number of aliphatic hydroxyl groups is 1. The fourth-order valence-electron chi connectivity index (χ4n) is 4.63. The molecule has 2 fully saturated rings. The third kappa shape index (κ3) is 6.61. The maximum absolute atomic E-state index is 13.9. The standard InChI is InChI=1S/C30H33F3O3/c1-4-23-14-20(2)15-25(23)16-21(3)36-19-22-6-5-7-24(17-22)27-9-8-26(18-28(27)30(31,32)33)35-13-12-29(34)10-11-29/h4-9,16-18,20,34H,3,10-15,19H2,1-2H3/b23-4-,25-16-. The second-order valence-corrected chi connectivity index (χ2v) is 9.98. The predicted octanol–water partition coefficient (Wildman–Crippen LogP) is 8.00. The van der Waals surface area contributed by atoms with Gasteiger partial charge in [-0.15, -0.1) is 0 Å². The van der Waals surface area contributed by atoms with Crippen LogP contribution in [0.4, 0.5) is 13.2 Å². The molecule has 2 saturated carbocycles. The van der Waals surface area contributed by atoms with Crippen molar-refractivity contribution in [2.24, 2.45) is 5.92 Å². The summed E-state index contributed by atoms with van der Waals surface area (Å²) in [5.74, 6) is 1.27. The van der Waals surface area contributed by atoms with E-state index in [1.807, 2.05) is 19.1 Å². The first-order valence-electron chi connectivity index (χ1n) is 12.4. The van der Waals surface area contributed by atoms with Gasteiger partial charge < -0.3 is 14.6 Å². The molecule has 2 aromatic rings. The summed E-state index contributed by atoms with van der Waals surface area (Å²) < 4.78 is 53.1. The van der Waals surface area contributed by atoms with Crippen LogP contribution in [-0.2, 0) is 17.5 Å². The first-order valence-corrected chi connectivity index (χ1v) is 12.4. The molecular weight excluding hydrogens is 465 g/mol. The van der Waals surface area contributed by atoms with Crippen LogP contribution in [-0.4, -0.2) is 17.3 Å². The van der Waals surface area contributed by atoms with Crippen LogP contribution in [0, 0.1) is 5.92 Å². The Bertz CT molecular complexity index is 1170. The molecule has 3 nitrogen and oxygen atoms in total. The second-order valence-electron chi connectivity index (χ2n) is 9.98. The van der Waals surface area contributed by atoms with Crippen LogP contribution in [0.2, 0.25) is 0 Å². The topological polar surface area (TPSA) is 38.7 Å². The van der Waals surface area contributed by atoms with Crippen LogP contribution < -0.4 is 4.74 Å². The second kappa shape index (κ2) is 10.6. The molecule has 6 heteroatoms. The molecule has 0 saturated heterocycles. The highest BCUT2D eigenvalue weighted by atomic mass is 19.4. The first-order chi connectivity index (χ1) is 17.1. The van der Waals surface area contributed by atoms with Crippen molar-refractivity contribution in [2.45, 2.75) is 64.3 Å². The van der Waals surface area contributed by atoms with Crippen molar-refractivity contribution in [3.05, 3.63) is 89.2 Å². The third-order valence-electron chi connectivity index (χ3n) is 6.85. The smallest absolute Gasteiger partial charge is 0.417 e. The molecule has 192 valence electrons. The molecule has 2 aromatic carbocycles. The lowest BCUT2D eigenvalue weighted by Gasteiger charge is -2.17. The van der Waals surface area contributed by atoms with Crippen molar-refractivity contribution in [1.82, 2.24) is 0 Å². The Morgan fingerprint density at radius 2 is 1.89 bits per heavy atom. The third-order valence-corrected chi connectivity index (χ3v) is 6.85. The first kappa shape index (κ1) is 26.1. The van der Waals surface area contributed by atoms with Gasteiger partial charge in [0, 0.05) is 6.42 Å². The molecular formula is C30H33F3O3. The number of hydrogen-bond donors (Lipinski definition) is 1. The lowest BCUT2D eigenvalue weighted by atomic mass is 9.97. The SMILES string of the molecule is C=C(/C=C1/CC(C)C/C1=C/C)OCc1cccc(-c2ccc(OCCC3(O)CC3)cc2C(F)(F)F)c1. The molecule has 4 rings (SSSR count). The number of ether oxygens (including phenoxy) is 2. The highest BCUT2D eigenvalue weighted by Gasteiger charge is 2.40. The summed E-state index contributed by atoms with van der Waals surface area (Å²) >= 11 is 0. The van der Waals surface area contributed by atoms with E-state index < -0.39 is 17.3 Å². The van der Waals surface area contributed by atoms with Crippen LogP contribution in [0.15, 0.2) is 78.1 Å². The molecule has 0 amide bonds. The lowest BCUT2D eigenvalue weighted by molar-refractivity contribution is -0.137. The average Bonchev–Trinajstić information content (AvgIpc) is 3.46. The largest absolute Gasteiger partial charge is 0.493 e. The number of hydrogen-bond acceptors (Lipinski definition) is 3. The zero-order valence-electron chi connectivity index (χ0n) is 20.8. The van der Waals surface area contributed by atoms with E-state index in [1.54, 1.807) is 24.3 Å². The van der Waals surface area contributed by atoms with Gasteiger partial charge in [-0.1, -0.05) is 43.8 Å². The van der Waals surface area contributed by atoms with Crippen LogP contribution in [0.5, 0.6) is 5.75 Å². The Balaban J connectivity index is 1.46. The molecule has 0 aromatic heterocycles. The minimum Gasteiger partial charge on any atom is -0.493 e. The van der Waals surface area contributed by atoms with Gasteiger partial charge in [0.2, 0.25) is 0 Å². The monoisotopic (exact) mass is 498 g/mol. The summed E-state index contributed by atoms with van der Waals surface area (Å²) in [5, 5.41) is 9.91. The molecule has 0 bridgehead atoms. The Morgan fingerprint density at radius 1 is 1.14 bits per heavy atom. The molecule has 1 N–H and O–H groups in total. The minimum atomic E-state index is -4.54. The summed E-state index contributed by atoms with van der Waals surface area (Å²) in [4.78, 5) is 0. The normalized spacial score (nSPS) is 21.1. The van der Waals surface area contributed by atoms with E-state index in [0.29, 0.717) is 36.5 Å². The van der Waals surface area contributed by atoms with Gasteiger partial charge in [-0.05, 0) is 90.6 Å². The van der Waals surface area contributed by atoms with Crippen molar-refractivity contribution in [3.63, 3.8) is 0 Å². The van der Waals surface area contributed by atoms with Crippen molar-refractivity contribution in [2.75, 3.05) is 6.61 Å². The van der Waals surface area contributed by atoms with Crippen molar-refractivity contribution in [1.29, 1.82) is 0 Å². The molecule has 1 atom stereocenters. The highest BCUT2D eigenvalue weighted by molar-refractivity contribution is 5.69. The number of halogens is 3. The Morgan fingerprint density at radius 3 is 2.58 bits per heavy atom. The summed E-state index contributed by atoms with van der Waals surface area (Å²) in [7, 11) is 0. The number of benzene rings is 2. The van der Waals surface area contributed by atoms with Gasteiger partial charge in [0.1, 0.15) is 18.1 Å². The Hall–Kier alpha value is -2.99. The van der Waals surface area contributed by atoms with Gasteiger partial charge in [-0.3, -0.25) is 0 Å². The molecule has 0 radical (unpaired) electrons. The fraction of sp³-hybridized carbons (Fsp3) is 0.400. The van der Waals surface area contributed by atoms with Crippen molar-refractivity contribution in [3.8, 4) is 16.9 Å². The highest BCUT2D eigenvalue weighted by Crippen LogP contribution is 2.41. The average molecular weight is 499 g/mol. The van der Waals surface area contributed by atoms with Crippen LogP contribution in [0.25, 0.3) is 11.1 Å². The molecule has 1 unspecified atom stereocenters. The van der Waals surface area contributed by atoms with Gasteiger partial charge in [-0.2, -0.15) is 13.2 Å². The number of allylic oxidation sites excluding steroid dienone is 4. The molecule has 0 heterocycles. The Kier molecular flexibility index (Phi) is 7.65. The maximum Gasteiger partial charge on any atom is 0.417 e. The summed E-state index contributed by atoms with van der Waals surface area (Å²) in [6.07, 6.45) is 3.41. The zero-order valence-corrected chi connectivity index (χ0v) is 20.8. The van der Waals surface area contributed by atoms with E-state index in [2.05, 4.69) is 19.6 Å². The van der Waals surface area contributed by atoms with Gasteiger partial charge in [0.05, 0.1) is 17.8 Å². The molecule has 0 spiro atoms. The van der Waals surface area contributed by atoms with E-state index in [0.717, 1.165) is 24.5 Å². The van der Waals surface area contributed by atoms with Crippen molar-refractivity contribution < 1.29 is 27.8 Å². The molecule has 2 aliphatic carbocycles. The van der Waals surface area contributed by atoms with Crippen LogP contribution >= 0.6 is 0 Å². The summed E-state index contributed by atoms with van der Waals surface area (Å²) in [6, 6.07) is 10.9. The van der Waals surface area contributed by atoms with E-state index in [1.165, 1.54) is 17.2 Å². The number of rotatable bonds is 9. The summed E-state index contributed by atoms with van der Waals surface area (Å²) in [6.45, 7) is 8.63. The molecule has 2 aliphatic rings. The van der Waals surface area contributed by atoms with Gasteiger partial charge in [0.25, 0.3) is 0 Å². The maximum atomic E-state index is 13.9. The van der Waals surface area contributed by atoms with Crippen LogP contribution in [0.1, 0.15) is 57.1 Å². The lowest BCUT2D eigenvalue weighted by Crippen LogP contribution is -2.13. The minimum absolute atomic E-state index is 0.0798. The van der Waals surface area contributed by atoms with E-state index in [9.17, 15) is 18.3 Å². The number of alkyl halides is 3. The van der Waals surface area contributed by atoms with E-state index in [-0.39, 0.29) is 24.5 Å². The molecule has 36 heavy (non-hydrogen) atoms. The fourth-order valence-corrected chi connectivity index (χ4v) is 4.63. The van der Waals surface area contributed by atoms with Crippen LogP contribution in [0.3, 0.4) is 0 Å². The summed E-state index contributed by atoms with van der Waals surface area (Å²) in [5.41, 5.74) is 2.36. The van der Waals surface area contributed by atoms with E-state index in [4.69, 9.17) is 9.47 Å². The quantitative estimate of drug-likeness (QED) is 0.356. The predicted molar refractivity (Wildman–Crippen MR) is 135 cm³/mol. The zero-order chi connectivity index (χ0) is 25.9. The van der Waals surface area contributed by atoms with Gasteiger partial charge >= 0.3 is 6.18 Å². The molecule has 0 aliphatic heterocycles. The van der Waals surface area contributed by atoms with Gasteiger partial charge in [-0.25, -0.2) is 0 Å².